The molecule has 0 bridgehead atoms. The molecule has 0 spiro atoms. The summed E-state index contributed by atoms with van der Waals surface area (Å²) in [7, 11) is -3.67. The van der Waals surface area contributed by atoms with E-state index < -0.39 is 22.0 Å². The fourth-order valence-corrected chi connectivity index (χ4v) is 5.23. The lowest BCUT2D eigenvalue weighted by Crippen LogP contribution is -2.41. The molecule has 2 aliphatic rings. The fourth-order valence-electron chi connectivity index (χ4n) is 3.43. The van der Waals surface area contributed by atoms with Crippen LogP contribution in [-0.4, -0.2) is 65.4 Å². The third-order valence-electron chi connectivity index (χ3n) is 4.76. The Kier molecular flexibility index (Phi) is 5.10. The highest BCUT2D eigenvalue weighted by Crippen LogP contribution is 2.24. The molecule has 8 nitrogen and oxygen atoms in total. The predicted molar refractivity (Wildman–Crippen MR) is 92.2 cm³/mol. The molecule has 1 aromatic carbocycles. The van der Waals surface area contributed by atoms with Gasteiger partial charge in [-0.25, -0.2) is 8.42 Å². The Morgan fingerprint density at radius 2 is 1.73 bits per heavy atom. The van der Waals surface area contributed by atoms with Crippen molar-refractivity contribution < 1.29 is 27.9 Å². The van der Waals surface area contributed by atoms with Crippen LogP contribution in [0.25, 0.3) is 0 Å². The van der Waals surface area contributed by atoms with Gasteiger partial charge >= 0.3 is 5.97 Å². The van der Waals surface area contributed by atoms with Crippen molar-refractivity contribution in [3.8, 4) is 0 Å². The molecule has 2 aliphatic heterocycles. The highest BCUT2D eigenvalue weighted by Gasteiger charge is 2.38. The Bertz CT molecular complexity index is 816. The molecule has 1 N–H and O–H groups in total. The van der Waals surface area contributed by atoms with Crippen LogP contribution in [0.15, 0.2) is 24.3 Å². The summed E-state index contributed by atoms with van der Waals surface area (Å²) in [5.74, 6) is -2.05. The number of hydrogen-bond donors (Lipinski definition) is 1. The summed E-state index contributed by atoms with van der Waals surface area (Å²) in [6.45, 7) is 0.363. The van der Waals surface area contributed by atoms with Gasteiger partial charge in [0.1, 0.15) is 6.04 Å². The van der Waals surface area contributed by atoms with Gasteiger partial charge in [0.2, 0.25) is 10.0 Å². The fraction of sp³-hybridized carbons (Fsp3) is 0.471. The summed E-state index contributed by atoms with van der Waals surface area (Å²) in [6, 6.07) is 5.58. The molecule has 0 aliphatic carbocycles. The van der Waals surface area contributed by atoms with Crippen LogP contribution in [0, 0.1) is 0 Å². The Balaban J connectivity index is 1.54. The van der Waals surface area contributed by atoms with Crippen molar-refractivity contribution in [2.24, 2.45) is 0 Å². The highest BCUT2D eigenvalue weighted by molar-refractivity contribution is 7.89. The number of benzene rings is 1. The van der Waals surface area contributed by atoms with E-state index in [0.717, 1.165) is 9.21 Å². The maximum absolute atomic E-state index is 12.4. The lowest BCUT2D eigenvalue weighted by molar-refractivity contribution is -0.140. The Labute approximate surface area is 151 Å². The van der Waals surface area contributed by atoms with Gasteiger partial charge < -0.3 is 5.11 Å². The molecule has 0 aromatic heterocycles. The zero-order valence-electron chi connectivity index (χ0n) is 14.1. The molecule has 3 rings (SSSR count). The highest BCUT2D eigenvalue weighted by atomic mass is 32.2. The standard InChI is InChI=1S/C17H20N2O6S/c20-15-12-6-1-2-7-13(12)16(21)18(15)9-3-4-11-26(24,25)19-10-5-8-14(19)17(22)23/h1-2,6-7,14H,3-5,8-11H2,(H,22,23). The molecule has 1 unspecified atom stereocenters. The van der Waals surface area contributed by atoms with Gasteiger partial charge in [-0.05, 0) is 37.8 Å². The summed E-state index contributed by atoms with van der Waals surface area (Å²) < 4.78 is 25.8. The third kappa shape index (κ3) is 3.36. The van der Waals surface area contributed by atoms with E-state index >= 15 is 0 Å². The van der Waals surface area contributed by atoms with Gasteiger partial charge in [0.25, 0.3) is 11.8 Å². The number of rotatable bonds is 7. The van der Waals surface area contributed by atoms with Gasteiger partial charge in [-0.2, -0.15) is 4.31 Å². The first-order valence-electron chi connectivity index (χ1n) is 8.50. The van der Waals surface area contributed by atoms with Crippen LogP contribution in [-0.2, 0) is 14.8 Å². The summed E-state index contributed by atoms with van der Waals surface area (Å²) in [4.78, 5) is 36.8. The van der Waals surface area contributed by atoms with E-state index in [1.807, 2.05) is 0 Å². The number of fused-ring (bicyclic) bond motifs is 1. The van der Waals surface area contributed by atoms with E-state index in [1.165, 1.54) is 0 Å². The van der Waals surface area contributed by atoms with Gasteiger partial charge in [-0.3, -0.25) is 19.3 Å². The van der Waals surface area contributed by atoms with Crippen molar-refractivity contribution in [1.29, 1.82) is 0 Å². The largest absolute Gasteiger partial charge is 0.480 e. The van der Waals surface area contributed by atoms with E-state index in [0.29, 0.717) is 30.4 Å². The summed E-state index contributed by atoms with van der Waals surface area (Å²) in [5, 5.41) is 9.12. The molecular formula is C17H20N2O6S. The SMILES string of the molecule is O=C(O)C1CCCN1S(=O)(=O)CCCCN1C(=O)c2ccccc2C1=O. The summed E-state index contributed by atoms with van der Waals surface area (Å²) in [6.07, 6.45) is 1.45. The minimum atomic E-state index is -3.67. The number of sulfonamides is 1. The summed E-state index contributed by atoms with van der Waals surface area (Å²) in [5.41, 5.74) is 0.734. The number of unbranched alkanes of at least 4 members (excludes halogenated alkanes) is 1. The first-order chi connectivity index (χ1) is 12.3. The van der Waals surface area contributed by atoms with Gasteiger partial charge in [-0.1, -0.05) is 12.1 Å². The van der Waals surface area contributed by atoms with E-state index in [1.54, 1.807) is 24.3 Å². The predicted octanol–water partition coefficient (Wildman–Crippen LogP) is 0.942. The van der Waals surface area contributed by atoms with Crippen molar-refractivity contribution in [2.45, 2.75) is 31.7 Å². The van der Waals surface area contributed by atoms with E-state index in [-0.39, 0.29) is 37.1 Å². The first-order valence-corrected chi connectivity index (χ1v) is 10.1. The van der Waals surface area contributed by atoms with Gasteiger partial charge in [0.15, 0.2) is 0 Å². The second kappa shape index (κ2) is 7.16. The van der Waals surface area contributed by atoms with Crippen molar-refractivity contribution in [3.63, 3.8) is 0 Å². The van der Waals surface area contributed by atoms with Crippen LogP contribution in [0.3, 0.4) is 0 Å². The van der Waals surface area contributed by atoms with Crippen LogP contribution in [0.4, 0.5) is 0 Å². The normalized spacial score (nSPS) is 20.6. The van der Waals surface area contributed by atoms with Crippen molar-refractivity contribution >= 4 is 27.8 Å². The van der Waals surface area contributed by atoms with Crippen molar-refractivity contribution in [3.05, 3.63) is 35.4 Å². The molecule has 1 atom stereocenters. The van der Waals surface area contributed by atoms with Gasteiger partial charge in [0, 0.05) is 13.1 Å². The smallest absolute Gasteiger partial charge is 0.322 e. The van der Waals surface area contributed by atoms with Crippen molar-refractivity contribution in [1.82, 2.24) is 9.21 Å². The molecule has 2 heterocycles. The number of hydrogen-bond acceptors (Lipinski definition) is 5. The Morgan fingerprint density at radius 1 is 1.12 bits per heavy atom. The number of nitrogens with zero attached hydrogens (tertiary/aromatic N) is 2. The molecule has 26 heavy (non-hydrogen) atoms. The second-order valence-electron chi connectivity index (χ2n) is 6.44. The average molecular weight is 380 g/mol. The minimum absolute atomic E-state index is 0.143. The topological polar surface area (TPSA) is 112 Å². The van der Waals surface area contributed by atoms with Gasteiger partial charge in [0.05, 0.1) is 16.9 Å². The Hall–Kier alpha value is -2.26. The number of carbonyl (C=O) groups is 3. The number of aliphatic carboxylic acids is 1. The monoisotopic (exact) mass is 380 g/mol. The molecular weight excluding hydrogens is 360 g/mol. The van der Waals surface area contributed by atoms with Crippen molar-refractivity contribution in [2.75, 3.05) is 18.8 Å². The maximum Gasteiger partial charge on any atom is 0.322 e. The molecule has 1 saturated heterocycles. The van der Waals surface area contributed by atoms with E-state index in [9.17, 15) is 22.8 Å². The minimum Gasteiger partial charge on any atom is -0.480 e. The summed E-state index contributed by atoms with van der Waals surface area (Å²) >= 11 is 0. The zero-order chi connectivity index (χ0) is 18.9. The average Bonchev–Trinajstić information content (AvgIpc) is 3.19. The lowest BCUT2D eigenvalue weighted by atomic mass is 10.1. The number of carbonyl (C=O) groups excluding carboxylic acids is 2. The van der Waals surface area contributed by atoms with Crippen LogP contribution in [0.2, 0.25) is 0 Å². The molecule has 1 aromatic rings. The first kappa shape index (κ1) is 18.5. The molecule has 140 valence electrons. The molecule has 0 radical (unpaired) electrons. The van der Waals surface area contributed by atoms with Crippen LogP contribution < -0.4 is 0 Å². The van der Waals surface area contributed by atoms with E-state index in [2.05, 4.69) is 0 Å². The lowest BCUT2D eigenvalue weighted by Gasteiger charge is -2.21. The van der Waals surface area contributed by atoms with E-state index in [4.69, 9.17) is 5.11 Å². The van der Waals surface area contributed by atoms with Crippen LogP contribution in [0.1, 0.15) is 46.4 Å². The quantitative estimate of drug-likeness (QED) is 0.557. The third-order valence-corrected chi connectivity index (χ3v) is 6.71. The molecule has 2 amide bonds. The molecule has 1 fully saturated rings. The second-order valence-corrected chi connectivity index (χ2v) is 8.48. The maximum atomic E-state index is 12.4. The molecule has 9 heteroatoms. The number of amides is 2. The van der Waals surface area contributed by atoms with Crippen LogP contribution >= 0.6 is 0 Å². The number of carboxylic acid groups (broad SMARTS) is 1. The Morgan fingerprint density at radius 3 is 2.31 bits per heavy atom. The molecule has 0 saturated carbocycles. The van der Waals surface area contributed by atoms with Crippen LogP contribution in [0.5, 0.6) is 0 Å². The number of imide groups is 1. The van der Waals surface area contributed by atoms with Gasteiger partial charge in [-0.15, -0.1) is 0 Å². The number of carboxylic acids is 1. The zero-order valence-corrected chi connectivity index (χ0v) is 14.9.